The van der Waals surface area contributed by atoms with Crippen molar-refractivity contribution in [1.82, 2.24) is 15.3 Å². The Labute approximate surface area is 222 Å². The largest absolute Gasteiger partial charge is 0.497 e. The van der Waals surface area contributed by atoms with Crippen LogP contribution < -0.4 is 20.3 Å². The minimum absolute atomic E-state index is 0.0890. The first-order valence-electron chi connectivity index (χ1n) is 12.4. The van der Waals surface area contributed by atoms with Crippen molar-refractivity contribution in [2.75, 3.05) is 14.2 Å². The first kappa shape index (κ1) is 28.1. The number of amides is 1. The molecule has 2 N–H and O–H groups in total. The zero-order valence-corrected chi connectivity index (χ0v) is 22.1. The molecule has 1 amide bonds. The average molecular weight is 516 g/mol. The van der Waals surface area contributed by atoms with Gasteiger partial charge in [0.1, 0.15) is 29.5 Å². The summed E-state index contributed by atoms with van der Waals surface area (Å²) in [5, 5.41) is 2.95. The number of hydrogen-bond acceptors (Lipinski definition) is 6. The van der Waals surface area contributed by atoms with E-state index in [1.807, 2.05) is 92.7 Å². The summed E-state index contributed by atoms with van der Waals surface area (Å²) in [4.78, 5) is 32.7. The number of methoxy groups -OCH3 is 2. The van der Waals surface area contributed by atoms with E-state index in [-0.39, 0.29) is 12.2 Å². The van der Waals surface area contributed by atoms with Crippen LogP contribution in [0.15, 0.2) is 89.9 Å². The summed E-state index contributed by atoms with van der Waals surface area (Å²) >= 11 is 0. The van der Waals surface area contributed by atoms with Crippen molar-refractivity contribution in [3.8, 4) is 11.5 Å². The van der Waals surface area contributed by atoms with Gasteiger partial charge in [0, 0.05) is 6.20 Å². The fourth-order valence-corrected chi connectivity index (χ4v) is 3.67. The van der Waals surface area contributed by atoms with Crippen LogP contribution in [0.25, 0.3) is 0 Å². The standard InChI is InChI=1S/C28H27N3O5.C2H6/c1-34-22-12-8-20(9-13-22)26(21-10-14-23(35-2)15-11-21)31-28(33)24-16-29-25(30-27(24)32)18-36-17-19-6-4-3-5-7-19;1-2/h3-16,26H,17-18H2,1-2H3,(H,31,33)(H,29,30,32);1-2H3. The summed E-state index contributed by atoms with van der Waals surface area (Å²) in [6.07, 6.45) is 1.27. The second-order valence-electron chi connectivity index (χ2n) is 8.00. The van der Waals surface area contributed by atoms with E-state index >= 15 is 0 Å². The van der Waals surface area contributed by atoms with Gasteiger partial charge in [-0.3, -0.25) is 9.59 Å². The molecule has 0 aliphatic carbocycles. The normalized spacial score (nSPS) is 10.3. The third-order valence-electron chi connectivity index (χ3n) is 5.62. The number of hydrogen-bond donors (Lipinski definition) is 2. The first-order valence-corrected chi connectivity index (χ1v) is 12.4. The smallest absolute Gasteiger partial charge is 0.263 e. The molecule has 3 aromatic carbocycles. The molecule has 0 unspecified atom stereocenters. The highest BCUT2D eigenvalue weighted by molar-refractivity contribution is 5.94. The average Bonchev–Trinajstić information content (AvgIpc) is 2.97. The van der Waals surface area contributed by atoms with Crippen molar-refractivity contribution in [3.63, 3.8) is 0 Å². The van der Waals surface area contributed by atoms with Gasteiger partial charge in [-0.25, -0.2) is 4.98 Å². The minimum Gasteiger partial charge on any atom is -0.497 e. The Morgan fingerprint density at radius 1 is 0.842 bits per heavy atom. The Balaban J connectivity index is 0.00000195. The van der Waals surface area contributed by atoms with Crippen molar-refractivity contribution in [1.29, 1.82) is 0 Å². The summed E-state index contributed by atoms with van der Waals surface area (Å²) < 4.78 is 16.1. The molecular weight excluding hydrogens is 482 g/mol. The van der Waals surface area contributed by atoms with Crippen molar-refractivity contribution in [3.05, 3.63) is 123 Å². The summed E-state index contributed by atoms with van der Waals surface area (Å²) in [5.41, 5.74) is 2.03. The first-order chi connectivity index (χ1) is 18.6. The second kappa shape index (κ2) is 14.3. The maximum atomic E-state index is 13.1. The molecule has 4 rings (SSSR count). The van der Waals surface area contributed by atoms with Gasteiger partial charge in [-0.15, -0.1) is 0 Å². The lowest BCUT2D eigenvalue weighted by atomic mass is 9.98. The van der Waals surface area contributed by atoms with Crippen molar-refractivity contribution in [2.24, 2.45) is 0 Å². The SMILES string of the molecule is CC.COc1ccc(C(NC(=O)c2cnc(COCc3ccccc3)[nH]c2=O)c2ccc(OC)cc2)cc1. The van der Waals surface area contributed by atoms with E-state index in [1.54, 1.807) is 14.2 Å². The maximum Gasteiger partial charge on any atom is 0.263 e. The van der Waals surface area contributed by atoms with E-state index < -0.39 is 17.5 Å². The van der Waals surface area contributed by atoms with Crippen molar-refractivity contribution >= 4 is 5.91 Å². The lowest BCUT2D eigenvalue weighted by molar-refractivity contribution is 0.0937. The zero-order valence-electron chi connectivity index (χ0n) is 22.1. The number of benzene rings is 3. The van der Waals surface area contributed by atoms with Gasteiger partial charge in [0.15, 0.2) is 0 Å². The summed E-state index contributed by atoms with van der Waals surface area (Å²) in [6.45, 7) is 4.50. The highest BCUT2D eigenvalue weighted by atomic mass is 16.5. The number of ether oxygens (including phenoxy) is 3. The number of H-pyrrole nitrogens is 1. The van der Waals surface area contributed by atoms with Gasteiger partial charge < -0.3 is 24.5 Å². The van der Waals surface area contributed by atoms with Gasteiger partial charge in [-0.1, -0.05) is 68.4 Å². The van der Waals surface area contributed by atoms with Crippen LogP contribution in [0.5, 0.6) is 11.5 Å². The predicted molar refractivity (Wildman–Crippen MR) is 146 cm³/mol. The van der Waals surface area contributed by atoms with Crippen LogP contribution >= 0.6 is 0 Å². The van der Waals surface area contributed by atoms with Crippen LogP contribution in [0, 0.1) is 0 Å². The molecule has 1 aromatic heterocycles. The Hall–Kier alpha value is -4.43. The molecule has 8 nitrogen and oxygen atoms in total. The fraction of sp³-hybridized carbons (Fsp3) is 0.233. The summed E-state index contributed by atoms with van der Waals surface area (Å²) in [6, 6.07) is 23.9. The summed E-state index contributed by atoms with van der Waals surface area (Å²) in [7, 11) is 3.18. The van der Waals surface area contributed by atoms with E-state index in [2.05, 4.69) is 15.3 Å². The third kappa shape index (κ3) is 7.54. The molecule has 1 heterocycles. The molecule has 0 aliphatic heterocycles. The monoisotopic (exact) mass is 515 g/mol. The number of aromatic nitrogens is 2. The minimum atomic E-state index is -0.544. The molecule has 0 saturated carbocycles. The predicted octanol–water partition coefficient (Wildman–Crippen LogP) is 5.05. The van der Waals surface area contributed by atoms with Gasteiger partial charge in [-0.05, 0) is 41.0 Å². The van der Waals surface area contributed by atoms with Gasteiger partial charge in [-0.2, -0.15) is 0 Å². The molecule has 0 fully saturated rings. The Kier molecular flexibility index (Phi) is 10.6. The zero-order chi connectivity index (χ0) is 27.3. The van der Waals surface area contributed by atoms with Crippen LogP contribution in [0.3, 0.4) is 0 Å². The van der Waals surface area contributed by atoms with Crippen molar-refractivity contribution in [2.45, 2.75) is 33.1 Å². The third-order valence-corrected chi connectivity index (χ3v) is 5.62. The van der Waals surface area contributed by atoms with E-state index in [9.17, 15) is 9.59 Å². The van der Waals surface area contributed by atoms with E-state index in [4.69, 9.17) is 14.2 Å². The number of rotatable bonds is 10. The highest BCUT2D eigenvalue weighted by Crippen LogP contribution is 2.26. The molecule has 0 bridgehead atoms. The number of carbonyl (C=O) groups excluding carboxylic acids is 1. The molecule has 0 radical (unpaired) electrons. The number of nitrogens with one attached hydrogen (secondary N) is 2. The van der Waals surface area contributed by atoms with Crippen LogP contribution in [0.1, 0.15) is 52.8 Å². The molecule has 0 atom stereocenters. The molecular formula is C30H33N3O5. The molecule has 198 valence electrons. The highest BCUT2D eigenvalue weighted by Gasteiger charge is 2.20. The van der Waals surface area contributed by atoms with Crippen LogP contribution in [-0.2, 0) is 18.0 Å². The van der Waals surface area contributed by atoms with Crippen LogP contribution in [0.4, 0.5) is 0 Å². The van der Waals surface area contributed by atoms with Gasteiger partial charge >= 0.3 is 0 Å². The molecule has 8 heteroatoms. The lowest BCUT2D eigenvalue weighted by Gasteiger charge is -2.20. The molecule has 0 aliphatic rings. The van der Waals surface area contributed by atoms with E-state index in [1.165, 1.54) is 6.20 Å². The van der Waals surface area contributed by atoms with E-state index in [0.717, 1.165) is 16.7 Å². The molecule has 4 aromatic rings. The van der Waals surface area contributed by atoms with Crippen LogP contribution in [0.2, 0.25) is 0 Å². The van der Waals surface area contributed by atoms with E-state index in [0.29, 0.717) is 23.9 Å². The number of carbonyl (C=O) groups is 1. The maximum absolute atomic E-state index is 13.1. The Morgan fingerprint density at radius 2 is 1.39 bits per heavy atom. The van der Waals surface area contributed by atoms with Crippen molar-refractivity contribution < 1.29 is 19.0 Å². The topological polar surface area (TPSA) is 103 Å². The van der Waals surface area contributed by atoms with Gasteiger partial charge in [0.2, 0.25) is 0 Å². The molecule has 38 heavy (non-hydrogen) atoms. The lowest BCUT2D eigenvalue weighted by Crippen LogP contribution is -2.34. The quantitative estimate of drug-likeness (QED) is 0.306. The van der Waals surface area contributed by atoms with Gasteiger partial charge in [0.05, 0.1) is 26.9 Å². The molecule has 0 saturated heterocycles. The Morgan fingerprint density at radius 3 is 1.89 bits per heavy atom. The fourth-order valence-electron chi connectivity index (χ4n) is 3.67. The second-order valence-corrected chi connectivity index (χ2v) is 8.00. The van der Waals surface area contributed by atoms with Crippen LogP contribution in [-0.4, -0.2) is 30.1 Å². The Bertz CT molecular complexity index is 1290. The molecule has 0 spiro atoms. The number of aromatic amines is 1. The van der Waals surface area contributed by atoms with Gasteiger partial charge in [0.25, 0.3) is 11.5 Å². The summed E-state index contributed by atoms with van der Waals surface area (Å²) in [5.74, 6) is 1.19. The number of nitrogens with zero attached hydrogens (tertiary/aromatic N) is 1.